The van der Waals surface area contributed by atoms with Crippen LogP contribution in [0.15, 0.2) is 42.7 Å². The van der Waals surface area contributed by atoms with Gasteiger partial charge >= 0.3 is 0 Å². The number of anilines is 1. The van der Waals surface area contributed by atoms with Crippen molar-refractivity contribution in [2.45, 2.75) is 19.8 Å². The Kier molecular flexibility index (Phi) is 3.54. The van der Waals surface area contributed by atoms with Gasteiger partial charge in [0, 0.05) is 18.0 Å². The van der Waals surface area contributed by atoms with Gasteiger partial charge in [-0.2, -0.15) is 0 Å². The number of piperidine rings is 1. The zero-order valence-electron chi connectivity index (χ0n) is 12.7. The van der Waals surface area contributed by atoms with Crippen molar-refractivity contribution in [2.24, 2.45) is 5.92 Å². The number of benzene rings is 1. The van der Waals surface area contributed by atoms with Gasteiger partial charge in [-0.15, -0.1) is 11.3 Å². The molecule has 0 N–H and O–H groups in total. The average Bonchev–Trinajstić information content (AvgIpc) is 3.01. The van der Waals surface area contributed by atoms with Crippen LogP contribution >= 0.6 is 11.3 Å². The van der Waals surface area contributed by atoms with Crippen molar-refractivity contribution in [1.82, 2.24) is 9.97 Å². The zero-order valence-corrected chi connectivity index (χ0v) is 13.5. The summed E-state index contributed by atoms with van der Waals surface area (Å²) in [5, 5.41) is 1.20. The fraction of sp³-hybridized carbons (Fsp3) is 0.333. The van der Waals surface area contributed by atoms with Crippen LogP contribution in [-0.4, -0.2) is 23.1 Å². The molecule has 22 heavy (non-hydrogen) atoms. The van der Waals surface area contributed by atoms with E-state index < -0.39 is 0 Å². The predicted molar refractivity (Wildman–Crippen MR) is 93.5 cm³/mol. The SMILES string of the molecule is CC1CCN(c2ncnc3sc(-c4ccccc4)cc23)CC1. The fourth-order valence-electron chi connectivity index (χ4n) is 3.06. The normalized spacial score (nSPS) is 16.3. The lowest BCUT2D eigenvalue weighted by molar-refractivity contribution is 0.437. The molecule has 0 saturated carbocycles. The second-order valence-electron chi connectivity index (χ2n) is 6.06. The van der Waals surface area contributed by atoms with Crippen molar-refractivity contribution in [3.8, 4) is 10.4 Å². The van der Waals surface area contributed by atoms with Crippen molar-refractivity contribution in [3.05, 3.63) is 42.7 Å². The lowest BCUT2D eigenvalue weighted by Gasteiger charge is -2.31. The summed E-state index contributed by atoms with van der Waals surface area (Å²) in [5.74, 6) is 1.94. The lowest BCUT2D eigenvalue weighted by Crippen LogP contribution is -2.33. The molecule has 0 aliphatic carbocycles. The number of aromatic nitrogens is 2. The Morgan fingerprint density at radius 1 is 1.09 bits per heavy atom. The van der Waals surface area contributed by atoms with Crippen LogP contribution in [0.1, 0.15) is 19.8 Å². The van der Waals surface area contributed by atoms with Crippen LogP contribution in [0, 0.1) is 5.92 Å². The number of nitrogens with zero attached hydrogens (tertiary/aromatic N) is 3. The molecule has 4 heteroatoms. The van der Waals surface area contributed by atoms with Crippen LogP contribution in [0.5, 0.6) is 0 Å². The van der Waals surface area contributed by atoms with E-state index in [-0.39, 0.29) is 0 Å². The molecule has 1 aromatic carbocycles. The highest BCUT2D eigenvalue weighted by Crippen LogP contribution is 2.36. The maximum Gasteiger partial charge on any atom is 0.140 e. The predicted octanol–water partition coefficient (Wildman–Crippen LogP) is 4.59. The molecule has 0 atom stereocenters. The Hall–Kier alpha value is -1.94. The Bertz CT molecular complexity index is 773. The molecule has 0 amide bonds. The summed E-state index contributed by atoms with van der Waals surface area (Å²) in [7, 11) is 0. The van der Waals surface area contributed by atoms with E-state index in [1.807, 2.05) is 0 Å². The quantitative estimate of drug-likeness (QED) is 0.693. The lowest BCUT2D eigenvalue weighted by atomic mass is 9.99. The summed E-state index contributed by atoms with van der Waals surface area (Å²) in [6.45, 7) is 4.54. The van der Waals surface area contributed by atoms with E-state index in [1.165, 1.54) is 28.7 Å². The molecule has 1 aliphatic heterocycles. The molecule has 0 radical (unpaired) electrons. The minimum Gasteiger partial charge on any atom is -0.356 e. The fourth-order valence-corrected chi connectivity index (χ4v) is 4.06. The first kappa shape index (κ1) is 13.7. The third-order valence-corrected chi connectivity index (χ3v) is 5.54. The molecule has 3 heterocycles. The number of hydrogen-bond donors (Lipinski definition) is 0. The first-order valence-electron chi connectivity index (χ1n) is 7.86. The third-order valence-electron chi connectivity index (χ3n) is 4.45. The topological polar surface area (TPSA) is 29.0 Å². The number of fused-ring (bicyclic) bond motifs is 1. The first-order chi connectivity index (χ1) is 10.8. The summed E-state index contributed by atoms with van der Waals surface area (Å²) in [6, 6.07) is 12.8. The van der Waals surface area contributed by atoms with E-state index in [9.17, 15) is 0 Å². The standard InChI is InChI=1S/C18H19N3S/c1-13-7-9-21(10-8-13)17-15-11-16(14-5-3-2-4-6-14)22-18(15)20-12-19-17/h2-6,11-13H,7-10H2,1H3. The molecule has 0 bridgehead atoms. The van der Waals surface area contributed by atoms with Gasteiger partial charge in [-0.3, -0.25) is 0 Å². The molecule has 1 fully saturated rings. The Morgan fingerprint density at radius 2 is 1.86 bits per heavy atom. The van der Waals surface area contributed by atoms with Crippen LogP contribution < -0.4 is 4.90 Å². The van der Waals surface area contributed by atoms with Gasteiger partial charge in [-0.05, 0) is 30.4 Å². The number of thiophene rings is 1. The smallest absolute Gasteiger partial charge is 0.140 e. The average molecular weight is 309 g/mol. The molecule has 1 aliphatic rings. The monoisotopic (exact) mass is 309 g/mol. The minimum atomic E-state index is 0.830. The maximum atomic E-state index is 4.58. The van der Waals surface area contributed by atoms with Crippen LogP contribution in [0.3, 0.4) is 0 Å². The van der Waals surface area contributed by atoms with Gasteiger partial charge in [0.2, 0.25) is 0 Å². The van der Waals surface area contributed by atoms with Gasteiger partial charge in [0.05, 0.1) is 5.39 Å². The van der Waals surface area contributed by atoms with Crippen LogP contribution in [0.25, 0.3) is 20.7 Å². The van der Waals surface area contributed by atoms with Crippen LogP contribution in [0.2, 0.25) is 0 Å². The zero-order chi connectivity index (χ0) is 14.9. The van der Waals surface area contributed by atoms with Crippen molar-refractivity contribution in [1.29, 1.82) is 0 Å². The van der Waals surface area contributed by atoms with Gasteiger partial charge in [-0.1, -0.05) is 37.3 Å². The second-order valence-corrected chi connectivity index (χ2v) is 7.09. The largest absolute Gasteiger partial charge is 0.356 e. The van der Waals surface area contributed by atoms with E-state index in [0.29, 0.717) is 0 Å². The van der Waals surface area contributed by atoms with E-state index in [0.717, 1.165) is 29.7 Å². The Balaban J connectivity index is 1.75. The van der Waals surface area contributed by atoms with Crippen molar-refractivity contribution in [3.63, 3.8) is 0 Å². The summed E-state index contributed by atoms with van der Waals surface area (Å²) in [6.07, 6.45) is 4.21. The minimum absolute atomic E-state index is 0.830. The number of hydrogen-bond acceptors (Lipinski definition) is 4. The van der Waals surface area contributed by atoms with Crippen LogP contribution in [0.4, 0.5) is 5.82 Å². The first-order valence-corrected chi connectivity index (χ1v) is 8.68. The van der Waals surface area contributed by atoms with E-state index in [2.05, 4.69) is 58.2 Å². The summed E-state index contributed by atoms with van der Waals surface area (Å²) < 4.78 is 0. The summed E-state index contributed by atoms with van der Waals surface area (Å²) in [4.78, 5) is 13.8. The van der Waals surface area contributed by atoms with Gasteiger partial charge in [0.1, 0.15) is 17.0 Å². The van der Waals surface area contributed by atoms with E-state index in [1.54, 1.807) is 17.7 Å². The Morgan fingerprint density at radius 3 is 2.64 bits per heavy atom. The number of rotatable bonds is 2. The van der Waals surface area contributed by atoms with E-state index in [4.69, 9.17) is 0 Å². The van der Waals surface area contributed by atoms with Crippen LogP contribution in [-0.2, 0) is 0 Å². The highest BCUT2D eigenvalue weighted by molar-refractivity contribution is 7.21. The van der Waals surface area contributed by atoms with Gasteiger partial charge in [0.25, 0.3) is 0 Å². The van der Waals surface area contributed by atoms with E-state index >= 15 is 0 Å². The van der Waals surface area contributed by atoms with Crippen molar-refractivity contribution in [2.75, 3.05) is 18.0 Å². The highest BCUT2D eigenvalue weighted by atomic mass is 32.1. The summed E-state index contributed by atoms with van der Waals surface area (Å²) in [5.41, 5.74) is 1.25. The molecular formula is C18H19N3S. The van der Waals surface area contributed by atoms with Gasteiger partial charge in [-0.25, -0.2) is 9.97 Å². The summed E-state index contributed by atoms with van der Waals surface area (Å²) >= 11 is 1.75. The molecular weight excluding hydrogens is 290 g/mol. The van der Waals surface area contributed by atoms with Gasteiger partial charge in [0.15, 0.2) is 0 Å². The maximum absolute atomic E-state index is 4.58. The van der Waals surface area contributed by atoms with Crippen molar-refractivity contribution < 1.29 is 0 Å². The molecule has 112 valence electrons. The molecule has 2 aromatic heterocycles. The highest BCUT2D eigenvalue weighted by Gasteiger charge is 2.20. The molecule has 1 saturated heterocycles. The molecule has 0 unspecified atom stereocenters. The molecule has 3 aromatic rings. The molecule has 4 rings (SSSR count). The third kappa shape index (κ3) is 2.48. The molecule has 3 nitrogen and oxygen atoms in total. The Labute approximate surface area is 134 Å². The second kappa shape index (κ2) is 5.69. The van der Waals surface area contributed by atoms with Crippen molar-refractivity contribution >= 4 is 27.4 Å². The molecule has 0 spiro atoms. The van der Waals surface area contributed by atoms with Gasteiger partial charge < -0.3 is 4.90 Å².